The Kier molecular flexibility index (Phi) is 2.07. The molecule has 0 spiro atoms. The van der Waals surface area contributed by atoms with Gasteiger partial charge in [0.2, 0.25) is 5.91 Å². The van der Waals surface area contributed by atoms with E-state index >= 15 is 0 Å². The molecule has 2 aliphatic rings. The van der Waals surface area contributed by atoms with E-state index in [1.54, 1.807) is 0 Å². The van der Waals surface area contributed by atoms with Crippen molar-refractivity contribution in [3.63, 3.8) is 0 Å². The average molecular weight is 200 g/mol. The number of nitrogens with two attached hydrogens (primary N) is 1. The van der Waals surface area contributed by atoms with Gasteiger partial charge in [-0.2, -0.15) is 11.8 Å². The van der Waals surface area contributed by atoms with Crippen LogP contribution in [0.4, 0.5) is 0 Å². The minimum absolute atomic E-state index is 0.0489. The van der Waals surface area contributed by atoms with Crippen molar-refractivity contribution in [1.29, 1.82) is 0 Å². The van der Waals surface area contributed by atoms with Gasteiger partial charge in [-0.15, -0.1) is 0 Å². The first kappa shape index (κ1) is 9.34. The molecule has 1 amide bonds. The van der Waals surface area contributed by atoms with Crippen LogP contribution in [0.2, 0.25) is 0 Å². The third kappa shape index (κ3) is 1.83. The molecule has 2 fully saturated rings. The van der Waals surface area contributed by atoms with Crippen molar-refractivity contribution in [3.05, 3.63) is 0 Å². The van der Waals surface area contributed by atoms with E-state index in [0.717, 1.165) is 19.4 Å². The summed E-state index contributed by atoms with van der Waals surface area (Å²) in [6.45, 7) is 0.798. The summed E-state index contributed by atoms with van der Waals surface area (Å²) in [5, 5.41) is 2.95. The van der Waals surface area contributed by atoms with Crippen molar-refractivity contribution in [1.82, 2.24) is 5.32 Å². The Morgan fingerprint density at radius 3 is 2.46 bits per heavy atom. The van der Waals surface area contributed by atoms with Gasteiger partial charge in [-0.25, -0.2) is 0 Å². The zero-order chi connectivity index (χ0) is 9.53. The first-order chi connectivity index (χ1) is 6.10. The van der Waals surface area contributed by atoms with Crippen LogP contribution in [0.1, 0.15) is 25.7 Å². The van der Waals surface area contributed by atoms with Gasteiger partial charge in [-0.1, -0.05) is 0 Å². The topological polar surface area (TPSA) is 55.1 Å². The van der Waals surface area contributed by atoms with E-state index in [0.29, 0.717) is 4.75 Å². The summed E-state index contributed by atoms with van der Waals surface area (Å²) in [4.78, 5) is 11.5. The van der Waals surface area contributed by atoms with Crippen LogP contribution in [0.15, 0.2) is 0 Å². The van der Waals surface area contributed by atoms with Crippen molar-refractivity contribution >= 4 is 17.7 Å². The average Bonchev–Trinajstić information content (AvgIpc) is 2.99. The number of carbonyl (C=O) groups excluding carboxylic acids is 1. The quantitative estimate of drug-likeness (QED) is 0.694. The number of hydrogen-bond acceptors (Lipinski definition) is 3. The van der Waals surface area contributed by atoms with E-state index in [2.05, 4.69) is 11.6 Å². The molecule has 0 aromatic rings. The molecule has 0 saturated heterocycles. The molecular weight excluding hydrogens is 184 g/mol. The highest BCUT2D eigenvalue weighted by Crippen LogP contribution is 2.46. The molecular formula is C9H16N2OS. The first-order valence-electron chi connectivity index (χ1n) is 4.73. The molecule has 0 heterocycles. The lowest BCUT2D eigenvalue weighted by Crippen LogP contribution is -2.45. The van der Waals surface area contributed by atoms with Gasteiger partial charge in [0, 0.05) is 11.3 Å². The fourth-order valence-electron chi connectivity index (χ4n) is 1.37. The van der Waals surface area contributed by atoms with Crippen LogP contribution in [-0.2, 0) is 4.79 Å². The Morgan fingerprint density at radius 1 is 1.46 bits per heavy atom. The lowest BCUT2D eigenvalue weighted by Gasteiger charge is -2.15. The predicted octanol–water partition coefficient (Wildman–Crippen LogP) is 0.489. The second-order valence-corrected chi connectivity index (χ2v) is 5.50. The van der Waals surface area contributed by atoms with Gasteiger partial charge in [-0.05, 0) is 31.9 Å². The Labute approximate surface area is 82.8 Å². The highest BCUT2D eigenvalue weighted by molar-refractivity contribution is 8.00. The lowest BCUT2D eigenvalue weighted by molar-refractivity contribution is -0.123. The van der Waals surface area contributed by atoms with Crippen LogP contribution in [0, 0.1) is 0 Å². The molecule has 3 nitrogen and oxygen atoms in total. The molecule has 0 bridgehead atoms. The number of hydrogen-bond donors (Lipinski definition) is 2. The summed E-state index contributed by atoms with van der Waals surface area (Å²) in [6.07, 6.45) is 6.27. The van der Waals surface area contributed by atoms with E-state index in [1.807, 2.05) is 11.8 Å². The number of amides is 1. The minimum Gasteiger partial charge on any atom is -0.353 e. The summed E-state index contributed by atoms with van der Waals surface area (Å²) >= 11 is 1.86. The van der Waals surface area contributed by atoms with Gasteiger partial charge >= 0.3 is 0 Å². The van der Waals surface area contributed by atoms with E-state index in [9.17, 15) is 4.79 Å². The highest BCUT2D eigenvalue weighted by atomic mass is 32.2. The maximum Gasteiger partial charge on any atom is 0.240 e. The predicted molar refractivity (Wildman–Crippen MR) is 54.6 cm³/mol. The van der Waals surface area contributed by atoms with E-state index < -0.39 is 5.54 Å². The zero-order valence-corrected chi connectivity index (χ0v) is 8.75. The largest absolute Gasteiger partial charge is 0.353 e. The Morgan fingerprint density at radius 2 is 2.08 bits per heavy atom. The van der Waals surface area contributed by atoms with Crippen LogP contribution in [0.3, 0.4) is 0 Å². The summed E-state index contributed by atoms with van der Waals surface area (Å²) in [6, 6.07) is 0. The first-order valence-corrected chi connectivity index (χ1v) is 5.95. The Hall–Kier alpha value is -0.220. The van der Waals surface area contributed by atoms with Gasteiger partial charge < -0.3 is 11.1 Å². The summed E-state index contributed by atoms with van der Waals surface area (Å²) in [5.41, 5.74) is 5.26. The molecule has 0 radical (unpaired) electrons. The SMILES string of the molecule is CSC1(CNC(=O)C2(N)CC2)CC1. The van der Waals surface area contributed by atoms with Gasteiger partial charge in [0.15, 0.2) is 0 Å². The molecule has 2 rings (SSSR count). The lowest BCUT2D eigenvalue weighted by atomic mass is 10.2. The van der Waals surface area contributed by atoms with Crippen molar-refractivity contribution in [2.45, 2.75) is 36.0 Å². The maximum absolute atomic E-state index is 11.5. The summed E-state index contributed by atoms with van der Waals surface area (Å²) in [5.74, 6) is 0.0489. The van der Waals surface area contributed by atoms with E-state index in [1.165, 1.54) is 12.8 Å². The molecule has 3 N–H and O–H groups in total. The van der Waals surface area contributed by atoms with Crippen molar-refractivity contribution in [2.75, 3.05) is 12.8 Å². The van der Waals surface area contributed by atoms with Crippen LogP contribution in [0.5, 0.6) is 0 Å². The zero-order valence-electron chi connectivity index (χ0n) is 7.93. The second-order valence-electron chi connectivity index (χ2n) is 4.23. The second kappa shape index (κ2) is 2.89. The fraction of sp³-hybridized carbons (Fsp3) is 0.889. The normalized spacial score (nSPS) is 26.6. The monoisotopic (exact) mass is 200 g/mol. The molecule has 2 aliphatic carbocycles. The third-order valence-electron chi connectivity index (χ3n) is 3.05. The number of thioether (sulfide) groups is 1. The third-order valence-corrected chi connectivity index (χ3v) is 4.47. The molecule has 0 aromatic carbocycles. The molecule has 0 unspecified atom stereocenters. The molecule has 13 heavy (non-hydrogen) atoms. The van der Waals surface area contributed by atoms with Crippen LogP contribution < -0.4 is 11.1 Å². The molecule has 2 saturated carbocycles. The fourth-order valence-corrected chi connectivity index (χ4v) is 2.10. The molecule has 0 aliphatic heterocycles. The molecule has 0 atom stereocenters. The Bertz CT molecular complexity index is 234. The summed E-state index contributed by atoms with van der Waals surface area (Å²) in [7, 11) is 0. The highest BCUT2D eigenvalue weighted by Gasteiger charge is 2.48. The minimum atomic E-state index is -0.505. The van der Waals surface area contributed by atoms with Crippen LogP contribution in [0.25, 0.3) is 0 Å². The Balaban J connectivity index is 1.76. The molecule has 4 heteroatoms. The molecule has 74 valence electrons. The van der Waals surface area contributed by atoms with Gasteiger partial charge in [0.1, 0.15) is 0 Å². The molecule has 0 aromatic heterocycles. The van der Waals surface area contributed by atoms with Crippen molar-refractivity contribution in [2.24, 2.45) is 5.73 Å². The van der Waals surface area contributed by atoms with Crippen molar-refractivity contribution in [3.8, 4) is 0 Å². The van der Waals surface area contributed by atoms with Crippen molar-refractivity contribution < 1.29 is 4.79 Å². The van der Waals surface area contributed by atoms with E-state index in [-0.39, 0.29) is 5.91 Å². The van der Waals surface area contributed by atoms with E-state index in [4.69, 9.17) is 5.73 Å². The number of nitrogens with one attached hydrogen (secondary N) is 1. The smallest absolute Gasteiger partial charge is 0.240 e. The standard InChI is InChI=1S/C9H16N2OS/c1-13-8(2-3-8)6-11-7(12)9(10)4-5-9/h2-6,10H2,1H3,(H,11,12). The summed E-state index contributed by atoms with van der Waals surface area (Å²) < 4.78 is 0.348. The van der Waals surface area contributed by atoms with Gasteiger partial charge in [0.05, 0.1) is 5.54 Å². The van der Waals surface area contributed by atoms with Crippen LogP contribution >= 0.6 is 11.8 Å². The number of carbonyl (C=O) groups is 1. The maximum atomic E-state index is 11.5. The van der Waals surface area contributed by atoms with Gasteiger partial charge in [0.25, 0.3) is 0 Å². The van der Waals surface area contributed by atoms with Crippen LogP contribution in [-0.4, -0.2) is 29.0 Å². The number of rotatable bonds is 4. The van der Waals surface area contributed by atoms with Gasteiger partial charge in [-0.3, -0.25) is 4.79 Å².